The minimum atomic E-state index is -0.568. The van der Waals surface area contributed by atoms with Gasteiger partial charge in [-0.15, -0.1) is 11.3 Å². The van der Waals surface area contributed by atoms with Gasteiger partial charge < -0.3 is 10.5 Å². The molecule has 3 N–H and O–H groups in total. The Morgan fingerprint density at radius 2 is 1.86 bits per heavy atom. The van der Waals surface area contributed by atoms with Crippen LogP contribution in [0.15, 0.2) is 66.0 Å². The Morgan fingerprint density at radius 1 is 1.05 bits per heavy atom. The Labute approximate surface area is 132 Å². The van der Waals surface area contributed by atoms with Crippen LogP contribution in [0.25, 0.3) is 10.4 Å². The maximum Gasteiger partial charge on any atom is 0.417 e. The van der Waals surface area contributed by atoms with Gasteiger partial charge in [0.15, 0.2) is 0 Å². The van der Waals surface area contributed by atoms with Gasteiger partial charge in [-0.25, -0.2) is 4.79 Å². The summed E-state index contributed by atoms with van der Waals surface area (Å²) in [6.07, 6.45) is -0.568. The minimum absolute atomic E-state index is 0.480. The number of hydrogen-bond acceptors (Lipinski definition) is 4. The molecule has 0 fully saturated rings. The topological polar surface area (TPSA) is 64.3 Å². The van der Waals surface area contributed by atoms with Crippen LogP contribution in [0.5, 0.6) is 5.75 Å². The summed E-state index contributed by atoms with van der Waals surface area (Å²) in [6.45, 7) is 0. The van der Waals surface area contributed by atoms with Gasteiger partial charge in [0.05, 0.1) is 11.4 Å². The Morgan fingerprint density at radius 3 is 2.59 bits per heavy atom. The van der Waals surface area contributed by atoms with Crippen molar-refractivity contribution >= 4 is 28.8 Å². The van der Waals surface area contributed by atoms with Crippen LogP contribution < -0.4 is 15.8 Å². The fourth-order valence-electron chi connectivity index (χ4n) is 1.99. The molecule has 0 aliphatic rings. The molecule has 0 unspecified atom stereocenters. The van der Waals surface area contributed by atoms with Crippen LogP contribution in [0, 0.1) is 0 Å². The Kier molecular flexibility index (Phi) is 4.07. The standard InChI is InChI=1S/C17H14N2O2S/c18-14-9-8-12(16-7-4-10-22-16)11-15(14)19-17(20)21-13-5-2-1-3-6-13/h1-11H,18H2,(H,19,20). The molecule has 4 nitrogen and oxygen atoms in total. The number of nitrogens with two attached hydrogens (primary N) is 1. The van der Waals surface area contributed by atoms with Crippen molar-refractivity contribution < 1.29 is 9.53 Å². The number of nitrogens with one attached hydrogen (secondary N) is 1. The SMILES string of the molecule is Nc1ccc(-c2cccs2)cc1NC(=O)Oc1ccccc1. The first-order valence-corrected chi connectivity index (χ1v) is 7.57. The van der Waals surface area contributed by atoms with Crippen LogP contribution in [-0.4, -0.2) is 6.09 Å². The molecule has 0 atom stereocenters. The number of ether oxygens (including phenoxy) is 1. The number of carbonyl (C=O) groups excluding carboxylic acids is 1. The van der Waals surface area contributed by atoms with Crippen molar-refractivity contribution in [3.63, 3.8) is 0 Å². The maximum absolute atomic E-state index is 11.9. The molecule has 0 spiro atoms. The molecule has 0 saturated carbocycles. The third-order valence-electron chi connectivity index (χ3n) is 3.05. The monoisotopic (exact) mass is 310 g/mol. The molecular formula is C17H14N2O2S. The van der Waals surface area contributed by atoms with Gasteiger partial charge in [0.2, 0.25) is 0 Å². The molecule has 1 heterocycles. The summed E-state index contributed by atoms with van der Waals surface area (Å²) in [5.41, 5.74) is 7.94. The highest BCUT2D eigenvalue weighted by Crippen LogP contribution is 2.30. The number of nitrogen functional groups attached to an aromatic ring is 1. The second-order valence-corrected chi connectivity index (χ2v) is 5.55. The lowest BCUT2D eigenvalue weighted by Gasteiger charge is -2.10. The van der Waals surface area contributed by atoms with E-state index in [4.69, 9.17) is 10.5 Å². The number of para-hydroxylation sites is 1. The summed E-state index contributed by atoms with van der Waals surface area (Å²) in [5, 5.41) is 4.68. The Hall–Kier alpha value is -2.79. The van der Waals surface area contributed by atoms with Gasteiger partial charge in [-0.3, -0.25) is 5.32 Å². The van der Waals surface area contributed by atoms with Crippen molar-refractivity contribution in [2.75, 3.05) is 11.1 Å². The lowest BCUT2D eigenvalue weighted by molar-refractivity contribution is 0.215. The molecule has 110 valence electrons. The fourth-order valence-corrected chi connectivity index (χ4v) is 2.72. The number of amides is 1. The average Bonchev–Trinajstić information content (AvgIpc) is 3.05. The fraction of sp³-hybridized carbons (Fsp3) is 0. The van der Waals surface area contributed by atoms with Crippen LogP contribution >= 0.6 is 11.3 Å². The number of hydrogen-bond donors (Lipinski definition) is 2. The van der Waals surface area contributed by atoms with Crippen molar-refractivity contribution in [2.24, 2.45) is 0 Å². The van der Waals surface area contributed by atoms with Crippen molar-refractivity contribution in [1.29, 1.82) is 0 Å². The summed E-state index contributed by atoms with van der Waals surface area (Å²) in [4.78, 5) is 13.1. The predicted octanol–water partition coefficient (Wildman–Crippen LogP) is 4.61. The quantitative estimate of drug-likeness (QED) is 0.694. The van der Waals surface area contributed by atoms with Gasteiger partial charge in [0, 0.05) is 4.88 Å². The minimum Gasteiger partial charge on any atom is -0.410 e. The van der Waals surface area contributed by atoms with Crippen molar-refractivity contribution in [3.8, 4) is 16.2 Å². The molecule has 3 aromatic rings. The summed E-state index contributed by atoms with van der Waals surface area (Å²) >= 11 is 1.63. The number of rotatable bonds is 3. The first kappa shape index (κ1) is 14.2. The first-order chi connectivity index (χ1) is 10.7. The van der Waals surface area contributed by atoms with E-state index >= 15 is 0 Å². The third-order valence-corrected chi connectivity index (χ3v) is 3.97. The van der Waals surface area contributed by atoms with E-state index in [1.54, 1.807) is 41.7 Å². The van der Waals surface area contributed by atoms with Gasteiger partial charge in [0.25, 0.3) is 0 Å². The van der Waals surface area contributed by atoms with E-state index in [2.05, 4.69) is 5.32 Å². The van der Waals surface area contributed by atoms with Crippen molar-refractivity contribution in [2.45, 2.75) is 0 Å². The molecule has 22 heavy (non-hydrogen) atoms. The molecule has 5 heteroatoms. The van der Waals surface area contributed by atoms with Gasteiger partial charge in [-0.05, 0) is 41.3 Å². The van der Waals surface area contributed by atoms with Gasteiger partial charge in [-0.1, -0.05) is 30.3 Å². The van der Waals surface area contributed by atoms with E-state index in [0.717, 1.165) is 10.4 Å². The van der Waals surface area contributed by atoms with E-state index in [-0.39, 0.29) is 0 Å². The van der Waals surface area contributed by atoms with Crippen LogP contribution in [0.1, 0.15) is 0 Å². The van der Waals surface area contributed by atoms with E-state index in [1.165, 1.54) is 0 Å². The predicted molar refractivity (Wildman–Crippen MR) is 90.3 cm³/mol. The summed E-state index contributed by atoms with van der Waals surface area (Å²) < 4.78 is 5.20. The lowest BCUT2D eigenvalue weighted by Crippen LogP contribution is -2.17. The third kappa shape index (κ3) is 3.27. The largest absolute Gasteiger partial charge is 0.417 e. The molecule has 3 rings (SSSR count). The summed E-state index contributed by atoms with van der Waals surface area (Å²) in [6, 6.07) is 18.4. The molecule has 1 amide bonds. The molecule has 0 aliphatic heterocycles. The van der Waals surface area contributed by atoms with Crippen molar-refractivity contribution in [1.82, 2.24) is 0 Å². The molecule has 0 bridgehead atoms. The second-order valence-electron chi connectivity index (χ2n) is 4.61. The highest BCUT2D eigenvalue weighted by Gasteiger charge is 2.09. The smallest absolute Gasteiger partial charge is 0.410 e. The number of benzene rings is 2. The molecule has 0 aliphatic carbocycles. The van der Waals surface area contributed by atoms with Gasteiger partial charge in [-0.2, -0.15) is 0 Å². The first-order valence-electron chi connectivity index (χ1n) is 6.69. The molecular weight excluding hydrogens is 296 g/mol. The Balaban J connectivity index is 1.77. The number of carbonyl (C=O) groups is 1. The molecule has 0 saturated heterocycles. The zero-order chi connectivity index (χ0) is 15.4. The zero-order valence-corrected chi connectivity index (χ0v) is 12.5. The highest BCUT2D eigenvalue weighted by atomic mass is 32.1. The molecule has 1 aromatic heterocycles. The Bertz CT molecular complexity index is 771. The van der Waals surface area contributed by atoms with Crippen LogP contribution in [0.3, 0.4) is 0 Å². The second kappa shape index (κ2) is 6.32. The van der Waals surface area contributed by atoms with Crippen molar-refractivity contribution in [3.05, 3.63) is 66.0 Å². The van der Waals surface area contributed by atoms with Gasteiger partial charge in [0.1, 0.15) is 5.75 Å². The normalized spacial score (nSPS) is 10.2. The average molecular weight is 310 g/mol. The molecule has 0 radical (unpaired) electrons. The lowest BCUT2D eigenvalue weighted by atomic mass is 10.1. The van der Waals surface area contributed by atoms with Crippen LogP contribution in [0.4, 0.5) is 16.2 Å². The molecule has 2 aromatic carbocycles. The zero-order valence-electron chi connectivity index (χ0n) is 11.7. The summed E-state index contributed by atoms with van der Waals surface area (Å²) in [5.74, 6) is 0.480. The van der Waals surface area contributed by atoms with Crippen LogP contribution in [0.2, 0.25) is 0 Å². The maximum atomic E-state index is 11.9. The number of thiophene rings is 1. The van der Waals surface area contributed by atoms with E-state index in [9.17, 15) is 4.79 Å². The van der Waals surface area contributed by atoms with E-state index in [0.29, 0.717) is 17.1 Å². The highest BCUT2D eigenvalue weighted by molar-refractivity contribution is 7.13. The van der Waals surface area contributed by atoms with E-state index in [1.807, 2.05) is 35.7 Å². The van der Waals surface area contributed by atoms with Crippen LogP contribution in [-0.2, 0) is 0 Å². The van der Waals surface area contributed by atoms with E-state index < -0.39 is 6.09 Å². The number of anilines is 2. The van der Waals surface area contributed by atoms with Gasteiger partial charge >= 0.3 is 6.09 Å². The summed E-state index contributed by atoms with van der Waals surface area (Å²) in [7, 11) is 0.